The molecule has 1 saturated carbocycles. The van der Waals surface area contributed by atoms with Crippen LogP contribution in [-0.2, 0) is 10.2 Å². The Bertz CT molecular complexity index is 660. The van der Waals surface area contributed by atoms with Crippen molar-refractivity contribution in [1.29, 1.82) is 0 Å². The number of hydrogen-bond donors (Lipinski definition) is 1. The van der Waals surface area contributed by atoms with Crippen LogP contribution in [0.3, 0.4) is 0 Å². The van der Waals surface area contributed by atoms with Gasteiger partial charge >= 0.3 is 0 Å². The highest BCUT2D eigenvalue weighted by Gasteiger charge is 2.52. The van der Waals surface area contributed by atoms with Crippen molar-refractivity contribution in [2.24, 2.45) is 0 Å². The van der Waals surface area contributed by atoms with Gasteiger partial charge in [0.2, 0.25) is 5.91 Å². The summed E-state index contributed by atoms with van der Waals surface area (Å²) in [4.78, 5) is 14.4. The van der Waals surface area contributed by atoms with Crippen molar-refractivity contribution >= 4 is 17.3 Å². The van der Waals surface area contributed by atoms with Crippen molar-refractivity contribution < 1.29 is 9.18 Å². The summed E-state index contributed by atoms with van der Waals surface area (Å²) < 4.78 is 13.0. The topological polar surface area (TPSA) is 46.3 Å². The number of benzene rings is 2. The predicted octanol–water partition coefficient (Wildman–Crippen LogP) is 3.10. The number of likely N-dealkylation sites (N-methyl/N-ethyl adjacent to an activating group) is 1. The largest absolute Gasteiger partial charge is 0.399 e. The van der Waals surface area contributed by atoms with Crippen LogP contribution < -0.4 is 10.6 Å². The molecule has 0 aliphatic heterocycles. The van der Waals surface area contributed by atoms with Crippen molar-refractivity contribution in [3.05, 3.63) is 59.9 Å². The molecule has 0 aromatic heterocycles. The lowest BCUT2D eigenvalue weighted by Gasteiger charge is -2.24. The molecule has 2 N–H and O–H groups in total. The minimum atomic E-state index is -0.448. The molecule has 2 aromatic rings. The average molecular weight is 284 g/mol. The molecule has 0 bridgehead atoms. The van der Waals surface area contributed by atoms with E-state index in [1.807, 2.05) is 24.3 Å². The number of nitrogens with zero attached hydrogens (tertiary/aromatic N) is 1. The van der Waals surface area contributed by atoms with E-state index in [9.17, 15) is 9.18 Å². The Balaban J connectivity index is 1.87. The number of nitrogens with two attached hydrogens (primary N) is 1. The number of anilines is 2. The number of halogens is 1. The Kier molecular flexibility index (Phi) is 3.16. The third-order valence-electron chi connectivity index (χ3n) is 4.14. The van der Waals surface area contributed by atoms with Crippen LogP contribution in [0.1, 0.15) is 18.4 Å². The lowest BCUT2D eigenvalue weighted by Crippen LogP contribution is -2.36. The molecule has 0 heterocycles. The van der Waals surface area contributed by atoms with Crippen molar-refractivity contribution in [2.75, 3.05) is 17.7 Å². The zero-order valence-corrected chi connectivity index (χ0v) is 11.8. The second-order valence-electron chi connectivity index (χ2n) is 5.54. The van der Waals surface area contributed by atoms with E-state index >= 15 is 0 Å². The third-order valence-corrected chi connectivity index (χ3v) is 4.14. The maximum absolute atomic E-state index is 13.0. The zero-order chi connectivity index (χ0) is 15.0. The van der Waals surface area contributed by atoms with Gasteiger partial charge in [-0.05, 0) is 54.8 Å². The van der Waals surface area contributed by atoms with E-state index in [1.165, 1.54) is 12.1 Å². The number of nitrogen functional groups attached to an aromatic ring is 1. The molecule has 3 rings (SSSR count). The summed E-state index contributed by atoms with van der Waals surface area (Å²) in [5.41, 5.74) is 7.64. The molecule has 1 fully saturated rings. The highest BCUT2D eigenvalue weighted by Crippen LogP contribution is 2.50. The lowest BCUT2D eigenvalue weighted by molar-refractivity contribution is -0.120. The number of carbonyl (C=O) groups excluding carboxylic acids is 1. The standard InChI is InChI=1S/C17H17FN2O/c1-20(15-8-4-13(18)5-9-15)16(21)17(10-11-17)12-2-6-14(19)7-3-12/h2-9H,10-11,19H2,1H3. The predicted molar refractivity (Wildman–Crippen MR) is 81.6 cm³/mol. The minimum Gasteiger partial charge on any atom is -0.399 e. The van der Waals surface area contributed by atoms with Gasteiger partial charge in [0, 0.05) is 18.4 Å². The smallest absolute Gasteiger partial charge is 0.237 e. The Morgan fingerprint density at radius 1 is 1.10 bits per heavy atom. The van der Waals surface area contributed by atoms with Crippen LogP contribution in [0.25, 0.3) is 0 Å². The number of hydrogen-bond acceptors (Lipinski definition) is 2. The van der Waals surface area contributed by atoms with E-state index < -0.39 is 5.41 Å². The van der Waals surface area contributed by atoms with Crippen molar-refractivity contribution in [3.63, 3.8) is 0 Å². The van der Waals surface area contributed by atoms with Gasteiger partial charge in [0.15, 0.2) is 0 Å². The third kappa shape index (κ3) is 2.37. The first-order valence-electron chi connectivity index (χ1n) is 6.93. The van der Waals surface area contributed by atoms with E-state index in [0.29, 0.717) is 11.4 Å². The molecule has 3 nitrogen and oxygen atoms in total. The maximum Gasteiger partial charge on any atom is 0.237 e. The summed E-state index contributed by atoms with van der Waals surface area (Å²) in [5, 5.41) is 0. The normalized spacial score (nSPS) is 15.5. The van der Waals surface area contributed by atoms with Gasteiger partial charge in [-0.2, -0.15) is 0 Å². The van der Waals surface area contributed by atoms with Crippen LogP contribution >= 0.6 is 0 Å². The lowest BCUT2D eigenvalue weighted by atomic mass is 9.94. The quantitative estimate of drug-likeness (QED) is 0.880. The van der Waals surface area contributed by atoms with E-state index in [1.54, 1.807) is 24.1 Å². The average Bonchev–Trinajstić information content (AvgIpc) is 3.29. The summed E-state index contributed by atoms with van der Waals surface area (Å²) >= 11 is 0. The molecule has 0 radical (unpaired) electrons. The fourth-order valence-corrected chi connectivity index (χ4v) is 2.66. The van der Waals surface area contributed by atoms with Crippen LogP contribution in [0.4, 0.5) is 15.8 Å². The van der Waals surface area contributed by atoms with Crippen molar-refractivity contribution in [3.8, 4) is 0 Å². The van der Waals surface area contributed by atoms with Gasteiger partial charge < -0.3 is 10.6 Å². The Hall–Kier alpha value is -2.36. The second-order valence-corrected chi connectivity index (χ2v) is 5.54. The Morgan fingerprint density at radius 2 is 1.67 bits per heavy atom. The molecule has 108 valence electrons. The first kappa shape index (κ1) is 13.6. The monoisotopic (exact) mass is 284 g/mol. The molecular weight excluding hydrogens is 267 g/mol. The number of amides is 1. The van der Waals surface area contributed by atoms with E-state index in [4.69, 9.17) is 5.73 Å². The van der Waals surface area contributed by atoms with Gasteiger partial charge in [-0.1, -0.05) is 12.1 Å². The van der Waals surface area contributed by atoms with Crippen LogP contribution in [-0.4, -0.2) is 13.0 Å². The summed E-state index contributed by atoms with van der Waals surface area (Å²) in [6.45, 7) is 0. The first-order valence-corrected chi connectivity index (χ1v) is 6.93. The maximum atomic E-state index is 13.0. The Morgan fingerprint density at radius 3 is 2.19 bits per heavy atom. The highest BCUT2D eigenvalue weighted by molar-refractivity contribution is 6.02. The van der Waals surface area contributed by atoms with Gasteiger partial charge in [-0.25, -0.2) is 4.39 Å². The van der Waals surface area contributed by atoms with Gasteiger partial charge in [0.1, 0.15) is 5.82 Å². The number of rotatable bonds is 3. The fourth-order valence-electron chi connectivity index (χ4n) is 2.66. The van der Waals surface area contributed by atoms with Gasteiger partial charge in [-0.15, -0.1) is 0 Å². The molecule has 0 unspecified atom stereocenters. The van der Waals surface area contributed by atoms with Crippen LogP contribution in [0.15, 0.2) is 48.5 Å². The molecule has 21 heavy (non-hydrogen) atoms. The minimum absolute atomic E-state index is 0.0406. The van der Waals surface area contributed by atoms with E-state index in [0.717, 1.165) is 18.4 Å². The van der Waals surface area contributed by atoms with Crippen LogP contribution in [0.5, 0.6) is 0 Å². The van der Waals surface area contributed by atoms with Crippen LogP contribution in [0, 0.1) is 5.82 Å². The van der Waals surface area contributed by atoms with E-state index in [-0.39, 0.29) is 11.7 Å². The van der Waals surface area contributed by atoms with Gasteiger partial charge in [-0.3, -0.25) is 4.79 Å². The first-order chi connectivity index (χ1) is 10.0. The fraction of sp³-hybridized carbons (Fsp3) is 0.235. The molecule has 1 aliphatic rings. The Labute approximate surface area is 123 Å². The molecular formula is C17H17FN2O. The van der Waals surface area contributed by atoms with Crippen molar-refractivity contribution in [2.45, 2.75) is 18.3 Å². The van der Waals surface area contributed by atoms with Gasteiger partial charge in [0.05, 0.1) is 5.41 Å². The molecule has 2 aromatic carbocycles. The summed E-state index contributed by atoms with van der Waals surface area (Å²) in [5.74, 6) is -0.266. The summed E-state index contributed by atoms with van der Waals surface area (Å²) in [7, 11) is 1.73. The SMILES string of the molecule is CN(C(=O)C1(c2ccc(N)cc2)CC1)c1ccc(F)cc1. The summed E-state index contributed by atoms with van der Waals surface area (Å²) in [6, 6.07) is 13.4. The molecule has 1 aliphatic carbocycles. The molecule has 4 heteroatoms. The number of carbonyl (C=O) groups is 1. The molecule has 1 amide bonds. The molecule has 0 spiro atoms. The highest BCUT2D eigenvalue weighted by atomic mass is 19.1. The van der Waals surface area contributed by atoms with E-state index in [2.05, 4.69) is 0 Å². The van der Waals surface area contributed by atoms with Gasteiger partial charge in [0.25, 0.3) is 0 Å². The van der Waals surface area contributed by atoms with Crippen LogP contribution in [0.2, 0.25) is 0 Å². The van der Waals surface area contributed by atoms with Crippen molar-refractivity contribution in [1.82, 2.24) is 0 Å². The summed E-state index contributed by atoms with van der Waals surface area (Å²) in [6.07, 6.45) is 1.67. The molecule has 0 atom stereocenters. The second kappa shape index (κ2) is 4.88. The molecule has 0 saturated heterocycles. The zero-order valence-electron chi connectivity index (χ0n) is 11.8.